The van der Waals surface area contributed by atoms with Crippen LogP contribution in [0.3, 0.4) is 0 Å². The number of benzene rings is 1. The second kappa shape index (κ2) is 10.1. The molecule has 2 N–H and O–H groups in total. The van der Waals surface area contributed by atoms with Crippen LogP contribution in [0.1, 0.15) is 40.9 Å². The molecule has 0 aliphatic heterocycles. The van der Waals surface area contributed by atoms with Crippen LogP contribution in [0.4, 0.5) is 0 Å². The summed E-state index contributed by atoms with van der Waals surface area (Å²) in [6, 6.07) is 8.16. The first-order valence-corrected chi connectivity index (χ1v) is 15.4. The Labute approximate surface area is 204 Å². The van der Waals surface area contributed by atoms with E-state index in [0.717, 1.165) is 18.9 Å². The van der Waals surface area contributed by atoms with Crippen LogP contribution >= 0.6 is 0 Å². The molecule has 0 spiro atoms. The Morgan fingerprint density at radius 2 is 2.03 bits per heavy atom. The molecule has 11 heteroatoms. The molecule has 0 radical (unpaired) electrons. The van der Waals surface area contributed by atoms with E-state index >= 15 is 0 Å². The van der Waals surface area contributed by atoms with Gasteiger partial charge in [-0.1, -0.05) is 31.8 Å². The number of ether oxygens (including phenoxy) is 1. The van der Waals surface area contributed by atoms with Crippen molar-refractivity contribution in [3.8, 4) is 22.8 Å². The fraction of sp³-hybridized carbons (Fsp3) is 0.458. The quantitative estimate of drug-likeness (QED) is 0.298. The largest absolute Gasteiger partial charge is 0.475 e. The monoisotopic (exact) mass is 497 g/mol. The Bertz CT molecular complexity index is 1210. The van der Waals surface area contributed by atoms with Crippen LogP contribution in [0.5, 0.6) is 0 Å². The molecule has 4 rings (SSSR count). The number of nitrogens with one attached hydrogen (secondary N) is 1. The highest BCUT2D eigenvalue weighted by atomic mass is 28.3. The second-order valence-corrected chi connectivity index (χ2v) is 15.7. The molecule has 0 bridgehead atoms. The fourth-order valence-corrected chi connectivity index (χ4v) is 4.29. The third kappa shape index (κ3) is 6.43. The lowest BCUT2D eigenvalue weighted by Gasteiger charge is -2.16. The van der Waals surface area contributed by atoms with Gasteiger partial charge in [0.15, 0.2) is 5.82 Å². The molecule has 10 nitrogen and oxygen atoms in total. The highest BCUT2D eigenvalue weighted by Gasteiger charge is 2.30. The van der Waals surface area contributed by atoms with Crippen molar-refractivity contribution >= 4 is 20.0 Å². The molecule has 0 saturated heterocycles. The van der Waals surface area contributed by atoms with Gasteiger partial charge in [-0.25, -0.2) is 19.4 Å². The summed E-state index contributed by atoms with van der Waals surface area (Å²) in [5.41, 5.74) is 1.22. The van der Waals surface area contributed by atoms with Gasteiger partial charge >= 0.3 is 5.97 Å². The number of rotatable bonds is 11. The van der Waals surface area contributed by atoms with E-state index in [-0.39, 0.29) is 36.2 Å². The molecule has 1 aliphatic carbocycles. The first kappa shape index (κ1) is 24.8. The van der Waals surface area contributed by atoms with Gasteiger partial charge in [-0.05, 0) is 43.9 Å². The van der Waals surface area contributed by atoms with Gasteiger partial charge in [0, 0.05) is 31.8 Å². The summed E-state index contributed by atoms with van der Waals surface area (Å²) in [4.78, 5) is 32.7. The van der Waals surface area contributed by atoms with E-state index in [1.807, 2.05) is 13.0 Å². The van der Waals surface area contributed by atoms with Gasteiger partial charge in [0.1, 0.15) is 6.73 Å². The number of hydrogen-bond acceptors (Lipinski definition) is 7. The summed E-state index contributed by atoms with van der Waals surface area (Å²) in [5.74, 6) is -0.486. The minimum atomic E-state index is -1.25. The minimum absolute atomic E-state index is 0.0701. The van der Waals surface area contributed by atoms with Gasteiger partial charge in [-0.2, -0.15) is 0 Å². The predicted octanol–water partition coefficient (Wildman–Crippen LogP) is 4.14. The lowest BCUT2D eigenvalue weighted by molar-refractivity contribution is 0.0663. The fourth-order valence-electron chi connectivity index (χ4n) is 3.53. The zero-order chi connectivity index (χ0) is 25.2. The smallest absolute Gasteiger partial charge is 0.373 e. The summed E-state index contributed by atoms with van der Waals surface area (Å²) in [5, 5.41) is 16.7. The van der Waals surface area contributed by atoms with E-state index in [0.29, 0.717) is 29.5 Å². The van der Waals surface area contributed by atoms with E-state index in [1.54, 1.807) is 18.2 Å². The van der Waals surface area contributed by atoms with Crippen molar-refractivity contribution in [2.45, 2.75) is 58.2 Å². The third-order valence-corrected chi connectivity index (χ3v) is 7.56. The summed E-state index contributed by atoms with van der Waals surface area (Å²) >= 11 is 0. The Morgan fingerprint density at radius 1 is 1.29 bits per heavy atom. The molecule has 1 saturated carbocycles. The number of amides is 1. The van der Waals surface area contributed by atoms with E-state index < -0.39 is 14.0 Å². The van der Waals surface area contributed by atoms with E-state index in [9.17, 15) is 9.59 Å². The Hall–Kier alpha value is -3.31. The van der Waals surface area contributed by atoms with Gasteiger partial charge in [0.05, 0.1) is 6.20 Å². The van der Waals surface area contributed by atoms with Gasteiger partial charge in [-0.15, -0.1) is 5.10 Å². The Kier molecular flexibility index (Phi) is 7.17. The zero-order valence-corrected chi connectivity index (χ0v) is 21.4. The molecule has 1 aromatic carbocycles. The predicted molar refractivity (Wildman–Crippen MR) is 132 cm³/mol. The van der Waals surface area contributed by atoms with Crippen LogP contribution < -0.4 is 5.32 Å². The number of aromatic nitrogens is 4. The van der Waals surface area contributed by atoms with Crippen molar-refractivity contribution in [2.24, 2.45) is 5.92 Å². The molecule has 1 atom stereocenters. The summed E-state index contributed by atoms with van der Waals surface area (Å²) in [7, 11) is -1.25. The second-order valence-electron chi connectivity index (χ2n) is 10.1. The molecule has 1 unspecified atom stereocenters. The van der Waals surface area contributed by atoms with Crippen LogP contribution in [0.15, 0.2) is 34.9 Å². The topological polar surface area (TPSA) is 132 Å². The van der Waals surface area contributed by atoms with Crippen LogP contribution in [0.25, 0.3) is 22.8 Å². The molecule has 1 aliphatic rings. The average Bonchev–Trinajstić information content (AvgIpc) is 3.37. The molecule has 1 fully saturated rings. The number of aromatic carboxylic acids is 1. The Balaban J connectivity index is 1.58. The lowest BCUT2D eigenvalue weighted by atomic mass is 10.1. The molecular weight excluding hydrogens is 466 g/mol. The molecule has 35 heavy (non-hydrogen) atoms. The van der Waals surface area contributed by atoms with Gasteiger partial charge < -0.3 is 19.6 Å². The number of hydrogen-bond donors (Lipinski definition) is 2. The van der Waals surface area contributed by atoms with Crippen LogP contribution in [-0.2, 0) is 11.5 Å². The van der Waals surface area contributed by atoms with E-state index in [1.165, 1.54) is 10.9 Å². The number of carboxylic acids is 1. The minimum Gasteiger partial charge on any atom is -0.475 e. The summed E-state index contributed by atoms with van der Waals surface area (Å²) in [6.45, 7) is 9.56. The maximum absolute atomic E-state index is 13.0. The summed E-state index contributed by atoms with van der Waals surface area (Å²) < 4.78 is 12.7. The van der Waals surface area contributed by atoms with Crippen molar-refractivity contribution in [2.75, 3.05) is 6.61 Å². The zero-order valence-electron chi connectivity index (χ0n) is 20.4. The number of carbonyl (C=O) groups is 2. The summed E-state index contributed by atoms with van der Waals surface area (Å²) in [6.07, 6.45) is 3.41. The van der Waals surface area contributed by atoms with Crippen LogP contribution in [0.2, 0.25) is 25.7 Å². The SMILES string of the molecule is CC(NC(=O)c1nc(-c2cccc(-c3ncc(C(=O)O)o3)c2)nn1COCC[Si](C)(C)C)C1CC1. The molecule has 2 aromatic heterocycles. The number of nitrogens with zero attached hydrogens (tertiary/aromatic N) is 4. The van der Waals surface area contributed by atoms with Gasteiger partial charge in [0.25, 0.3) is 5.91 Å². The van der Waals surface area contributed by atoms with Gasteiger partial charge in [-0.3, -0.25) is 4.79 Å². The van der Waals surface area contributed by atoms with Crippen LogP contribution in [0, 0.1) is 5.92 Å². The van der Waals surface area contributed by atoms with Crippen molar-refractivity contribution < 1.29 is 23.8 Å². The Morgan fingerprint density at radius 3 is 2.69 bits per heavy atom. The van der Waals surface area contributed by atoms with E-state index in [2.05, 4.69) is 40.0 Å². The first-order valence-electron chi connectivity index (χ1n) is 11.7. The van der Waals surface area contributed by atoms with E-state index in [4.69, 9.17) is 14.3 Å². The number of oxazole rings is 1. The molecule has 1 amide bonds. The standard InChI is InChI=1S/C24H31N5O5Si/c1-15(16-8-9-16)26-22(30)21-27-20(28-29(21)14-33-10-11-35(2,3)4)17-6-5-7-18(12-17)23-25-13-19(34-23)24(31)32/h5-7,12-13,15-16H,8-11,14H2,1-4H3,(H,26,30)(H,31,32). The molecule has 2 heterocycles. The first-order chi connectivity index (χ1) is 16.6. The van der Waals surface area contributed by atoms with Crippen LogP contribution in [-0.4, -0.2) is 57.5 Å². The average molecular weight is 498 g/mol. The normalized spacial score (nSPS) is 14.6. The molecular formula is C24H31N5O5Si. The highest BCUT2D eigenvalue weighted by Crippen LogP contribution is 2.32. The molecule has 186 valence electrons. The third-order valence-electron chi connectivity index (χ3n) is 5.86. The molecule has 3 aromatic rings. The lowest BCUT2D eigenvalue weighted by Crippen LogP contribution is -2.36. The highest BCUT2D eigenvalue weighted by molar-refractivity contribution is 6.76. The maximum atomic E-state index is 13.0. The van der Waals surface area contributed by atoms with Gasteiger partial charge in [0.2, 0.25) is 17.5 Å². The number of carboxylic acid groups (broad SMARTS) is 1. The van der Waals surface area contributed by atoms with Crippen molar-refractivity contribution in [1.29, 1.82) is 0 Å². The maximum Gasteiger partial charge on any atom is 0.373 e. The number of carbonyl (C=O) groups excluding carboxylic acids is 1. The van der Waals surface area contributed by atoms with Crippen molar-refractivity contribution in [3.63, 3.8) is 0 Å². The van der Waals surface area contributed by atoms with Crippen molar-refractivity contribution in [3.05, 3.63) is 42.0 Å². The van der Waals surface area contributed by atoms with Crippen molar-refractivity contribution in [1.82, 2.24) is 25.1 Å².